The molecule has 3 N–H and O–H groups in total. The molecule has 0 aliphatic carbocycles. The molecule has 0 aliphatic rings. The normalized spacial score (nSPS) is 13.2. The molecule has 2 rings (SSSR count). The molecule has 0 aliphatic heterocycles. The van der Waals surface area contributed by atoms with E-state index in [4.69, 9.17) is 5.84 Å². The topological polar surface area (TPSA) is 63.8 Å². The second-order valence-electron chi connectivity index (χ2n) is 4.74. The van der Waals surface area contributed by atoms with Crippen molar-refractivity contribution in [3.8, 4) is 0 Å². The van der Waals surface area contributed by atoms with E-state index in [1.807, 2.05) is 6.92 Å². The zero-order chi connectivity index (χ0) is 15.5. The largest absolute Gasteiger partial charge is 0.416 e. The average Bonchev–Trinajstić information content (AvgIpc) is 2.45. The Bertz CT molecular complexity index is 596. The minimum absolute atomic E-state index is 0.267. The summed E-state index contributed by atoms with van der Waals surface area (Å²) in [6.45, 7) is 1.85. The number of nitrogens with one attached hydrogen (secondary N) is 1. The fourth-order valence-electron chi connectivity index (χ4n) is 1.92. The first-order valence-corrected chi connectivity index (χ1v) is 6.31. The number of halogens is 3. The molecule has 1 atom stereocenters. The van der Waals surface area contributed by atoms with Crippen LogP contribution >= 0.6 is 0 Å². The van der Waals surface area contributed by atoms with E-state index >= 15 is 0 Å². The second-order valence-corrected chi connectivity index (χ2v) is 4.74. The van der Waals surface area contributed by atoms with Crippen LogP contribution in [-0.2, 0) is 12.6 Å². The molecule has 1 heterocycles. The Morgan fingerprint density at radius 2 is 1.90 bits per heavy atom. The van der Waals surface area contributed by atoms with Gasteiger partial charge in [0.2, 0.25) is 0 Å². The third kappa shape index (κ3) is 3.99. The fraction of sp³-hybridized carbons (Fsp3) is 0.286. The average molecular weight is 296 g/mol. The standard InChI is InChI=1S/C14H15F3N4/c1-9-7-19-13(20-8-9)12(21-18)6-10-3-2-4-11(5-10)14(15,16)17/h2-5,7-8,12,21H,6,18H2,1H3. The Kier molecular flexibility index (Phi) is 4.54. The van der Waals surface area contributed by atoms with Crippen LogP contribution in [0.3, 0.4) is 0 Å². The third-order valence-electron chi connectivity index (χ3n) is 3.01. The summed E-state index contributed by atoms with van der Waals surface area (Å²) in [6.07, 6.45) is -0.816. The summed E-state index contributed by atoms with van der Waals surface area (Å²) >= 11 is 0. The van der Waals surface area contributed by atoms with Crippen molar-refractivity contribution >= 4 is 0 Å². The van der Waals surface area contributed by atoms with Gasteiger partial charge in [0.25, 0.3) is 0 Å². The highest BCUT2D eigenvalue weighted by Gasteiger charge is 2.30. The van der Waals surface area contributed by atoms with Crippen molar-refractivity contribution in [1.29, 1.82) is 0 Å². The lowest BCUT2D eigenvalue weighted by molar-refractivity contribution is -0.137. The molecule has 112 valence electrons. The summed E-state index contributed by atoms with van der Waals surface area (Å²) in [4.78, 5) is 8.28. The Labute approximate surface area is 120 Å². The van der Waals surface area contributed by atoms with Gasteiger partial charge in [-0.15, -0.1) is 0 Å². The molecule has 2 aromatic rings. The summed E-state index contributed by atoms with van der Waals surface area (Å²) < 4.78 is 38.1. The van der Waals surface area contributed by atoms with Crippen LogP contribution in [0.15, 0.2) is 36.7 Å². The van der Waals surface area contributed by atoms with Gasteiger partial charge in [-0.1, -0.05) is 18.2 Å². The van der Waals surface area contributed by atoms with Crippen LogP contribution in [0, 0.1) is 6.92 Å². The summed E-state index contributed by atoms with van der Waals surface area (Å²) in [5.74, 6) is 5.91. The molecular weight excluding hydrogens is 281 g/mol. The number of aryl methyl sites for hydroxylation is 1. The van der Waals surface area contributed by atoms with Gasteiger partial charge < -0.3 is 0 Å². The molecule has 0 radical (unpaired) electrons. The minimum atomic E-state index is -4.36. The lowest BCUT2D eigenvalue weighted by Gasteiger charge is -2.15. The molecular formula is C14H15F3N4. The van der Waals surface area contributed by atoms with Gasteiger partial charge >= 0.3 is 6.18 Å². The Hall–Kier alpha value is -1.99. The molecule has 21 heavy (non-hydrogen) atoms. The van der Waals surface area contributed by atoms with Gasteiger partial charge in [-0.25, -0.2) is 15.4 Å². The van der Waals surface area contributed by atoms with Crippen molar-refractivity contribution in [2.24, 2.45) is 5.84 Å². The first-order valence-electron chi connectivity index (χ1n) is 6.31. The molecule has 0 saturated carbocycles. The molecule has 4 nitrogen and oxygen atoms in total. The highest BCUT2D eigenvalue weighted by molar-refractivity contribution is 5.26. The van der Waals surface area contributed by atoms with Crippen molar-refractivity contribution in [2.75, 3.05) is 0 Å². The number of hydrogen-bond donors (Lipinski definition) is 2. The summed E-state index contributed by atoms with van der Waals surface area (Å²) in [5, 5.41) is 0. The first kappa shape index (κ1) is 15.4. The zero-order valence-electron chi connectivity index (χ0n) is 11.4. The highest BCUT2D eigenvalue weighted by atomic mass is 19.4. The van der Waals surface area contributed by atoms with Gasteiger partial charge in [0.1, 0.15) is 5.82 Å². The van der Waals surface area contributed by atoms with Gasteiger partial charge in [0, 0.05) is 12.4 Å². The Balaban J connectivity index is 2.21. The van der Waals surface area contributed by atoms with Crippen molar-refractivity contribution < 1.29 is 13.2 Å². The Morgan fingerprint density at radius 1 is 1.24 bits per heavy atom. The van der Waals surface area contributed by atoms with Crippen LogP contribution in [0.25, 0.3) is 0 Å². The number of hydrogen-bond acceptors (Lipinski definition) is 4. The quantitative estimate of drug-likeness (QED) is 0.672. The number of nitrogens with zero attached hydrogens (tertiary/aromatic N) is 2. The van der Waals surface area contributed by atoms with Crippen molar-refractivity contribution in [3.05, 3.63) is 59.2 Å². The van der Waals surface area contributed by atoms with E-state index in [2.05, 4.69) is 15.4 Å². The van der Waals surface area contributed by atoms with Crippen LogP contribution < -0.4 is 11.3 Å². The van der Waals surface area contributed by atoms with E-state index in [-0.39, 0.29) is 6.42 Å². The van der Waals surface area contributed by atoms with Crippen molar-refractivity contribution in [3.63, 3.8) is 0 Å². The van der Waals surface area contributed by atoms with Crippen LogP contribution in [0.2, 0.25) is 0 Å². The van der Waals surface area contributed by atoms with E-state index in [1.54, 1.807) is 18.5 Å². The predicted molar refractivity (Wildman–Crippen MR) is 72.0 cm³/mol. The molecule has 7 heteroatoms. The molecule has 1 unspecified atom stereocenters. The monoisotopic (exact) mass is 296 g/mol. The number of nitrogens with two attached hydrogens (primary N) is 1. The fourth-order valence-corrected chi connectivity index (χ4v) is 1.92. The van der Waals surface area contributed by atoms with Crippen LogP contribution in [0.4, 0.5) is 13.2 Å². The SMILES string of the molecule is Cc1cnc(C(Cc2cccc(C(F)(F)F)c2)NN)nc1. The Morgan fingerprint density at radius 3 is 2.48 bits per heavy atom. The van der Waals surface area contributed by atoms with E-state index in [0.29, 0.717) is 11.4 Å². The maximum atomic E-state index is 12.7. The maximum Gasteiger partial charge on any atom is 0.416 e. The lowest BCUT2D eigenvalue weighted by Crippen LogP contribution is -2.31. The van der Waals surface area contributed by atoms with Crippen molar-refractivity contribution in [1.82, 2.24) is 15.4 Å². The minimum Gasteiger partial charge on any atom is -0.271 e. The van der Waals surface area contributed by atoms with Gasteiger partial charge in [-0.2, -0.15) is 13.2 Å². The number of rotatable bonds is 4. The summed E-state index contributed by atoms with van der Waals surface area (Å²) in [5.41, 5.74) is 3.27. The van der Waals surface area contributed by atoms with Crippen LogP contribution in [0.1, 0.15) is 28.6 Å². The van der Waals surface area contributed by atoms with Gasteiger partial charge in [-0.05, 0) is 30.5 Å². The molecule has 0 saturated heterocycles. The predicted octanol–water partition coefficient (Wildman–Crippen LogP) is 2.55. The number of benzene rings is 1. The molecule has 1 aromatic carbocycles. The van der Waals surface area contributed by atoms with Crippen molar-refractivity contribution in [2.45, 2.75) is 25.6 Å². The second kappa shape index (κ2) is 6.19. The first-order chi connectivity index (χ1) is 9.90. The maximum absolute atomic E-state index is 12.7. The lowest BCUT2D eigenvalue weighted by atomic mass is 10.0. The smallest absolute Gasteiger partial charge is 0.271 e. The van der Waals surface area contributed by atoms with E-state index in [9.17, 15) is 13.2 Å². The van der Waals surface area contributed by atoms with E-state index in [1.165, 1.54) is 6.07 Å². The van der Waals surface area contributed by atoms with Crippen LogP contribution in [0.5, 0.6) is 0 Å². The molecule has 0 bridgehead atoms. The van der Waals surface area contributed by atoms with E-state index < -0.39 is 17.8 Å². The number of aromatic nitrogens is 2. The number of alkyl halides is 3. The highest BCUT2D eigenvalue weighted by Crippen LogP contribution is 2.30. The van der Waals surface area contributed by atoms with Gasteiger partial charge in [0.15, 0.2) is 0 Å². The molecule has 1 aromatic heterocycles. The number of hydrazine groups is 1. The zero-order valence-corrected chi connectivity index (χ0v) is 11.4. The molecule has 0 spiro atoms. The van der Waals surface area contributed by atoms with Gasteiger partial charge in [0.05, 0.1) is 11.6 Å². The molecule has 0 fully saturated rings. The van der Waals surface area contributed by atoms with E-state index in [0.717, 1.165) is 17.7 Å². The third-order valence-corrected chi connectivity index (χ3v) is 3.01. The molecule has 0 amide bonds. The van der Waals surface area contributed by atoms with Crippen LogP contribution in [-0.4, -0.2) is 9.97 Å². The van der Waals surface area contributed by atoms with Gasteiger partial charge in [-0.3, -0.25) is 5.84 Å². The summed E-state index contributed by atoms with van der Waals surface area (Å²) in [7, 11) is 0. The summed E-state index contributed by atoms with van der Waals surface area (Å²) in [6, 6.07) is 4.69.